The predicted octanol–water partition coefficient (Wildman–Crippen LogP) is 3.64. The van der Waals surface area contributed by atoms with Crippen molar-refractivity contribution in [3.05, 3.63) is 35.4 Å². The zero-order chi connectivity index (χ0) is 14.7. The van der Waals surface area contributed by atoms with Crippen LogP contribution in [0.25, 0.3) is 0 Å². The van der Waals surface area contributed by atoms with Crippen molar-refractivity contribution >= 4 is 5.97 Å². The number of benzene rings is 1. The molecular formula is C17H25NO2. The predicted molar refractivity (Wildman–Crippen MR) is 80.8 cm³/mol. The van der Waals surface area contributed by atoms with Crippen molar-refractivity contribution in [2.45, 2.75) is 45.7 Å². The van der Waals surface area contributed by atoms with Crippen LogP contribution in [0.2, 0.25) is 0 Å². The molecule has 1 aliphatic rings. The molecule has 1 aromatic rings. The number of hydrogen-bond acceptors (Lipinski definition) is 2. The van der Waals surface area contributed by atoms with Crippen molar-refractivity contribution in [2.24, 2.45) is 11.8 Å². The fraction of sp³-hybridized carbons (Fsp3) is 0.588. The SMILES string of the molecule is CC1CCC(N(C)Cc2ccc(C(=O)O)cc2)CC1C. The summed E-state index contributed by atoms with van der Waals surface area (Å²) in [4.78, 5) is 13.3. The molecule has 1 N–H and O–H groups in total. The minimum atomic E-state index is -0.861. The van der Waals surface area contributed by atoms with Gasteiger partial charge >= 0.3 is 5.97 Å². The van der Waals surface area contributed by atoms with Crippen LogP contribution in [0.1, 0.15) is 49.0 Å². The normalized spacial score (nSPS) is 26.7. The van der Waals surface area contributed by atoms with Crippen molar-refractivity contribution in [3.8, 4) is 0 Å². The minimum Gasteiger partial charge on any atom is -0.478 e. The first kappa shape index (κ1) is 15.0. The summed E-state index contributed by atoms with van der Waals surface area (Å²) in [6.45, 7) is 5.60. The Morgan fingerprint density at radius 2 is 1.85 bits per heavy atom. The Morgan fingerprint density at radius 1 is 1.20 bits per heavy atom. The van der Waals surface area contributed by atoms with Crippen LogP contribution in [0.3, 0.4) is 0 Å². The number of carboxylic acid groups (broad SMARTS) is 1. The van der Waals surface area contributed by atoms with E-state index in [4.69, 9.17) is 5.11 Å². The van der Waals surface area contributed by atoms with Crippen molar-refractivity contribution in [3.63, 3.8) is 0 Å². The molecule has 2 rings (SSSR count). The average Bonchev–Trinajstić information content (AvgIpc) is 2.42. The highest BCUT2D eigenvalue weighted by Gasteiger charge is 2.26. The third kappa shape index (κ3) is 3.60. The summed E-state index contributed by atoms with van der Waals surface area (Å²) in [6.07, 6.45) is 3.86. The third-order valence-corrected chi connectivity index (χ3v) is 4.83. The Bertz CT molecular complexity index is 455. The molecule has 3 heteroatoms. The molecular weight excluding hydrogens is 250 g/mol. The van der Waals surface area contributed by atoms with Crippen LogP contribution in [0.5, 0.6) is 0 Å². The Balaban J connectivity index is 1.94. The quantitative estimate of drug-likeness (QED) is 0.912. The Kier molecular flexibility index (Phi) is 4.81. The zero-order valence-corrected chi connectivity index (χ0v) is 12.7. The molecule has 0 radical (unpaired) electrons. The van der Waals surface area contributed by atoms with E-state index in [9.17, 15) is 4.79 Å². The van der Waals surface area contributed by atoms with E-state index in [0.29, 0.717) is 11.6 Å². The van der Waals surface area contributed by atoms with E-state index in [0.717, 1.165) is 18.4 Å². The number of hydrogen-bond donors (Lipinski definition) is 1. The fourth-order valence-electron chi connectivity index (χ4n) is 3.09. The molecule has 0 saturated heterocycles. The number of aromatic carboxylic acids is 1. The van der Waals surface area contributed by atoms with Crippen LogP contribution in [0, 0.1) is 11.8 Å². The van der Waals surface area contributed by atoms with Crippen LogP contribution >= 0.6 is 0 Å². The molecule has 0 aromatic heterocycles. The molecule has 1 aromatic carbocycles. The van der Waals surface area contributed by atoms with E-state index in [-0.39, 0.29) is 0 Å². The molecule has 3 atom stereocenters. The van der Waals surface area contributed by atoms with Gasteiger partial charge in [0.05, 0.1) is 5.56 Å². The van der Waals surface area contributed by atoms with Crippen LogP contribution < -0.4 is 0 Å². The molecule has 20 heavy (non-hydrogen) atoms. The average molecular weight is 275 g/mol. The molecule has 0 bridgehead atoms. The second-order valence-corrected chi connectivity index (χ2v) is 6.34. The summed E-state index contributed by atoms with van der Waals surface area (Å²) in [5, 5.41) is 8.91. The maximum absolute atomic E-state index is 10.8. The van der Waals surface area contributed by atoms with E-state index in [1.165, 1.54) is 24.8 Å². The van der Waals surface area contributed by atoms with Crippen molar-refractivity contribution in [1.82, 2.24) is 4.90 Å². The van der Waals surface area contributed by atoms with E-state index in [1.807, 2.05) is 12.1 Å². The fourth-order valence-corrected chi connectivity index (χ4v) is 3.09. The lowest BCUT2D eigenvalue weighted by atomic mass is 9.78. The highest BCUT2D eigenvalue weighted by Crippen LogP contribution is 2.32. The number of nitrogens with zero attached hydrogens (tertiary/aromatic N) is 1. The first-order valence-corrected chi connectivity index (χ1v) is 7.50. The van der Waals surface area contributed by atoms with Gasteiger partial charge in [-0.2, -0.15) is 0 Å². The summed E-state index contributed by atoms with van der Waals surface area (Å²) in [7, 11) is 2.18. The van der Waals surface area contributed by atoms with Gasteiger partial charge < -0.3 is 5.11 Å². The van der Waals surface area contributed by atoms with E-state index >= 15 is 0 Å². The Hall–Kier alpha value is -1.35. The maximum Gasteiger partial charge on any atom is 0.335 e. The molecule has 3 nitrogen and oxygen atoms in total. The molecule has 3 unspecified atom stereocenters. The lowest BCUT2D eigenvalue weighted by Crippen LogP contribution is -2.37. The van der Waals surface area contributed by atoms with Gasteiger partial charge in [0, 0.05) is 12.6 Å². The molecule has 1 saturated carbocycles. The summed E-state index contributed by atoms with van der Waals surface area (Å²) in [5.74, 6) is 0.778. The van der Waals surface area contributed by atoms with E-state index in [1.54, 1.807) is 12.1 Å². The molecule has 1 aliphatic carbocycles. The monoisotopic (exact) mass is 275 g/mol. The van der Waals surface area contributed by atoms with Gasteiger partial charge in [-0.3, -0.25) is 4.90 Å². The van der Waals surface area contributed by atoms with Crippen LogP contribution in [-0.4, -0.2) is 29.1 Å². The second-order valence-electron chi connectivity index (χ2n) is 6.34. The third-order valence-electron chi connectivity index (χ3n) is 4.83. The molecule has 0 aliphatic heterocycles. The first-order chi connectivity index (χ1) is 9.47. The largest absolute Gasteiger partial charge is 0.478 e. The van der Waals surface area contributed by atoms with E-state index < -0.39 is 5.97 Å². The smallest absolute Gasteiger partial charge is 0.335 e. The van der Waals surface area contributed by atoms with Crippen LogP contribution in [0.4, 0.5) is 0 Å². The highest BCUT2D eigenvalue weighted by atomic mass is 16.4. The molecule has 110 valence electrons. The number of carboxylic acids is 1. The van der Waals surface area contributed by atoms with Gasteiger partial charge in [0.1, 0.15) is 0 Å². The summed E-state index contributed by atoms with van der Waals surface area (Å²) in [5.41, 5.74) is 1.54. The summed E-state index contributed by atoms with van der Waals surface area (Å²) < 4.78 is 0. The zero-order valence-electron chi connectivity index (χ0n) is 12.7. The van der Waals surface area contributed by atoms with Crippen LogP contribution in [-0.2, 0) is 6.54 Å². The topological polar surface area (TPSA) is 40.5 Å². The van der Waals surface area contributed by atoms with Crippen LogP contribution in [0.15, 0.2) is 24.3 Å². The van der Waals surface area contributed by atoms with Gasteiger partial charge in [0.25, 0.3) is 0 Å². The Morgan fingerprint density at radius 3 is 2.40 bits per heavy atom. The van der Waals surface area contributed by atoms with Gasteiger partial charge in [-0.1, -0.05) is 26.0 Å². The Labute approximate surface area is 121 Å². The van der Waals surface area contributed by atoms with Crippen molar-refractivity contribution in [1.29, 1.82) is 0 Å². The number of rotatable bonds is 4. The van der Waals surface area contributed by atoms with Gasteiger partial charge in [-0.05, 0) is 55.8 Å². The number of carbonyl (C=O) groups is 1. The van der Waals surface area contributed by atoms with E-state index in [2.05, 4.69) is 25.8 Å². The molecule has 0 heterocycles. The standard InChI is InChI=1S/C17H25NO2/c1-12-4-9-16(10-13(12)2)18(3)11-14-5-7-15(8-6-14)17(19)20/h5-8,12-13,16H,4,9-11H2,1-3H3,(H,19,20). The molecule has 0 spiro atoms. The maximum atomic E-state index is 10.8. The van der Waals surface area contributed by atoms with Gasteiger partial charge in [0.2, 0.25) is 0 Å². The highest BCUT2D eigenvalue weighted by molar-refractivity contribution is 5.87. The summed E-state index contributed by atoms with van der Waals surface area (Å²) >= 11 is 0. The van der Waals surface area contributed by atoms with Crippen molar-refractivity contribution in [2.75, 3.05) is 7.05 Å². The van der Waals surface area contributed by atoms with Crippen molar-refractivity contribution < 1.29 is 9.90 Å². The molecule has 0 amide bonds. The second kappa shape index (κ2) is 6.40. The minimum absolute atomic E-state index is 0.358. The summed E-state index contributed by atoms with van der Waals surface area (Å²) in [6, 6.07) is 7.89. The van der Waals surface area contributed by atoms with Gasteiger partial charge in [-0.25, -0.2) is 4.79 Å². The lowest BCUT2D eigenvalue weighted by Gasteiger charge is -2.37. The van der Waals surface area contributed by atoms with Gasteiger partial charge in [0.15, 0.2) is 0 Å². The molecule has 1 fully saturated rings. The first-order valence-electron chi connectivity index (χ1n) is 7.50. The lowest BCUT2D eigenvalue weighted by molar-refractivity contribution is 0.0697. The van der Waals surface area contributed by atoms with Gasteiger partial charge in [-0.15, -0.1) is 0 Å².